The maximum Gasteiger partial charge on any atom is 0.417 e. The van der Waals surface area contributed by atoms with E-state index in [-0.39, 0.29) is 45.6 Å². The van der Waals surface area contributed by atoms with E-state index < -0.39 is 34.6 Å². The molecule has 0 spiro atoms. The van der Waals surface area contributed by atoms with Crippen molar-refractivity contribution in [3.05, 3.63) is 62.1 Å². The second-order valence-electron chi connectivity index (χ2n) is 11.3. The van der Waals surface area contributed by atoms with Crippen LogP contribution in [0.15, 0.2) is 34.6 Å². The summed E-state index contributed by atoms with van der Waals surface area (Å²) in [5, 5.41) is 4.25. The second-order valence-corrected chi connectivity index (χ2v) is 12.2. The molecule has 15 heteroatoms. The van der Waals surface area contributed by atoms with Crippen molar-refractivity contribution in [2.75, 3.05) is 63.6 Å². The number of halogens is 4. The molecule has 2 atom stereocenters. The monoisotopic (exact) mass is 635 g/mol. The van der Waals surface area contributed by atoms with Crippen LogP contribution in [0, 0.1) is 5.82 Å². The highest BCUT2D eigenvalue weighted by Crippen LogP contribution is 2.37. The van der Waals surface area contributed by atoms with Gasteiger partial charge in [0.05, 0.1) is 28.2 Å². The molecule has 0 bridgehead atoms. The Labute approximate surface area is 255 Å². The molecule has 3 aromatic rings. The quantitative estimate of drug-likeness (QED) is 0.411. The number of amides is 2. The lowest BCUT2D eigenvalue weighted by Gasteiger charge is -2.44. The van der Waals surface area contributed by atoms with Gasteiger partial charge >= 0.3 is 6.18 Å². The molecule has 2 aromatic heterocycles. The second kappa shape index (κ2) is 12.3. The molecule has 2 aliphatic heterocycles. The molecule has 10 nitrogen and oxygen atoms in total. The van der Waals surface area contributed by atoms with Crippen molar-refractivity contribution in [1.29, 1.82) is 0 Å². The Hall–Kier alpha value is -3.82. The number of hydrogen-bond acceptors (Lipinski definition) is 8. The van der Waals surface area contributed by atoms with Gasteiger partial charge in [-0.15, -0.1) is 11.3 Å². The molecule has 4 heterocycles. The molecule has 0 radical (unpaired) electrons. The van der Waals surface area contributed by atoms with E-state index in [0.29, 0.717) is 38.4 Å². The van der Waals surface area contributed by atoms with Gasteiger partial charge in [0.25, 0.3) is 11.8 Å². The van der Waals surface area contributed by atoms with E-state index in [4.69, 9.17) is 0 Å². The van der Waals surface area contributed by atoms with Crippen LogP contribution in [0.2, 0.25) is 0 Å². The van der Waals surface area contributed by atoms with Crippen LogP contribution in [-0.2, 0) is 6.18 Å². The third-order valence-corrected chi connectivity index (χ3v) is 9.09. The SMILES string of the molecule is CC1CN(c2cc(F)c(-c3csc(C(=O)N4CCN(C)CC4)n3)cc2NC(=O)c2c[nH]c(=O)cc2C(F)(F)F)CC(C)N1C. The van der Waals surface area contributed by atoms with Crippen LogP contribution in [0.4, 0.5) is 28.9 Å². The number of rotatable bonds is 5. The molecule has 0 aliphatic carbocycles. The molecular weight excluding hydrogens is 602 g/mol. The number of nitrogens with one attached hydrogen (secondary N) is 2. The Kier molecular flexibility index (Phi) is 8.82. The summed E-state index contributed by atoms with van der Waals surface area (Å²) >= 11 is 1.07. The van der Waals surface area contributed by atoms with Gasteiger partial charge in [-0.05, 0) is 34.0 Å². The van der Waals surface area contributed by atoms with Crippen molar-refractivity contribution in [3.8, 4) is 11.3 Å². The molecule has 1 aromatic carbocycles. The van der Waals surface area contributed by atoms with Crippen LogP contribution in [0.25, 0.3) is 11.3 Å². The first-order valence-electron chi connectivity index (χ1n) is 14.1. The normalized spacial score (nSPS) is 20.2. The van der Waals surface area contributed by atoms with Crippen LogP contribution in [0.1, 0.15) is 39.6 Å². The Morgan fingerprint density at radius 1 is 1.05 bits per heavy atom. The van der Waals surface area contributed by atoms with Crippen molar-refractivity contribution in [3.63, 3.8) is 0 Å². The molecule has 44 heavy (non-hydrogen) atoms. The van der Waals surface area contributed by atoms with Crippen molar-refractivity contribution in [1.82, 2.24) is 24.7 Å². The summed E-state index contributed by atoms with van der Waals surface area (Å²) in [6, 6.07) is 3.00. The molecule has 2 N–H and O–H groups in total. The number of hydrogen-bond donors (Lipinski definition) is 2. The van der Waals surface area contributed by atoms with Crippen molar-refractivity contribution < 1.29 is 27.2 Å². The molecule has 0 saturated carbocycles. The summed E-state index contributed by atoms with van der Waals surface area (Å²) in [5.74, 6) is -2.06. The van der Waals surface area contributed by atoms with Gasteiger partial charge in [0, 0.05) is 80.6 Å². The zero-order valence-corrected chi connectivity index (χ0v) is 25.5. The zero-order valence-electron chi connectivity index (χ0n) is 24.7. The molecule has 236 valence electrons. The Bertz CT molecular complexity index is 1600. The highest BCUT2D eigenvalue weighted by molar-refractivity contribution is 7.12. The number of pyridine rings is 1. The predicted molar refractivity (Wildman–Crippen MR) is 160 cm³/mol. The molecular formula is C29H33F4N7O3S. The predicted octanol–water partition coefficient (Wildman–Crippen LogP) is 3.83. The Balaban J connectivity index is 1.53. The number of nitrogens with zero attached hydrogens (tertiary/aromatic N) is 5. The molecule has 2 saturated heterocycles. The highest BCUT2D eigenvalue weighted by Gasteiger charge is 2.36. The number of carbonyl (C=O) groups excluding carboxylic acids is 2. The van der Waals surface area contributed by atoms with Crippen molar-refractivity contribution in [2.24, 2.45) is 0 Å². The number of aromatic amines is 1. The van der Waals surface area contributed by atoms with E-state index in [2.05, 4.69) is 25.1 Å². The van der Waals surface area contributed by atoms with Gasteiger partial charge < -0.3 is 25.0 Å². The number of alkyl halides is 3. The number of aromatic nitrogens is 2. The third kappa shape index (κ3) is 6.49. The van der Waals surface area contributed by atoms with Gasteiger partial charge in [0.1, 0.15) is 5.82 Å². The van der Waals surface area contributed by atoms with Gasteiger partial charge in [0.2, 0.25) is 5.56 Å². The molecule has 2 fully saturated rings. The fraction of sp³-hybridized carbons (Fsp3) is 0.448. The first kappa shape index (κ1) is 31.6. The van der Waals surface area contributed by atoms with Gasteiger partial charge in [-0.3, -0.25) is 19.3 Å². The standard InChI is InChI=1S/C29H33F4N7O3S/c1-16-13-40(14-17(2)38(16)4)24-11-21(30)18(23-15-44-27(36-23)28(43)39-7-5-37(3)6-8-39)9-22(24)35-26(42)19-12-34-25(41)10-20(19)29(31,32)33/h9-12,15-17H,5-8,13-14H2,1-4H3,(H,34,41)(H,35,42). The van der Waals surface area contributed by atoms with E-state index >= 15 is 4.39 Å². The number of anilines is 2. The van der Waals surface area contributed by atoms with Crippen molar-refractivity contribution >= 4 is 34.5 Å². The number of piperazine rings is 2. The van der Waals surface area contributed by atoms with Crippen LogP contribution >= 0.6 is 11.3 Å². The van der Waals surface area contributed by atoms with Gasteiger partial charge in [-0.25, -0.2) is 9.37 Å². The summed E-state index contributed by atoms with van der Waals surface area (Å²) < 4.78 is 57.0. The van der Waals surface area contributed by atoms with Crippen molar-refractivity contribution in [2.45, 2.75) is 32.1 Å². The van der Waals surface area contributed by atoms with Crippen LogP contribution in [0.5, 0.6) is 0 Å². The number of benzene rings is 1. The van der Waals surface area contributed by atoms with Gasteiger partial charge in [0.15, 0.2) is 5.01 Å². The summed E-state index contributed by atoms with van der Waals surface area (Å²) in [5.41, 5.74) is -2.70. The van der Waals surface area contributed by atoms with E-state index in [1.165, 1.54) is 17.5 Å². The molecule has 2 amide bonds. The molecule has 2 unspecified atom stereocenters. The summed E-state index contributed by atoms with van der Waals surface area (Å²) in [7, 11) is 3.94. The Morgan fingerprint density at radius 3 is 2.34 bits per heavy atom. The largest absolute Gasteiger partial charge is 0.417 e. The number of thiazole rings is 1. The van der Waals surface area contributed by atoms with E-state index in [1.54, 1.807) is 4.90 Å². The maximum absolute atomic E-state index is 15.8. The maximum atomic E-state index is 15.8. The number of likely N-dealkylation sites (N-methyl/N-ethyl adjacent to an activating group) is 2. The van der Waals surface area contributed by atoms with Gasteiger partial charge in [-0.2, -0.15) is 13.2 Å². The van der Waals surface area contributed by atoms with Gasteiger partial charge in [-0.1, -0.05) is 0 Å². The zero-order chi connectivity index (χ0) is 31.9. The van der Waals surface area contributed by atoms with E-state index in [0.717, 1.165) is 24.4 Å². The minimum absolute atomic E-state index is 0.0227. The lowest BCUT2D eigenvalue weighted by molar-refractivity contribution is -0.138. The molecule has 2 aliphatic rings. The van der Waals surface area contributed by atoms with Crippen LogP contribution in [0.3, 0.4) is 0 Å². The average Bonchev–Trinajstić information content (AvgIpc) is 3.46. The summed E-state index contributed by atoms with van der Waals surface area (Å²) in [4.78, 5) is 52.4. The highest BCUT2D eigenvalue weighted by atomic mass is 32.1. The van der Waals surface area contributed by atoms with E-state index in [1.807, 2.05) is 32.8 Å². The topological polar surface area (TPSA) is 105 Å². The summed E-state index contributed by atoms with van der Waals surface area (Å²) in [6.45, 7) is 7.44. The lowest BCUT2D eigenvalue weighted by atomic mass is 10.0. The van der Waals surface area contributed by atoms with Crippen LogP contribution in [-0.4, -0.2) is 102 Å². The number of carbonyl (C=O) groups is 2. The van der Waals surface area contributed by atoms with Crippen LogP contribution < -0.4 is 15.8 Å². The fourth-order valence-electron chi connectivity index (χ4n) is 5.45. The summed E-state index contributed by atoms with van der Waals surface area (Å²) in [6.07, 6.45) is -4.26. The first-order chi connectivity index (χ1) is 20.7. The van der Waals surface area contributed by atoms with E-state index in [9.17, 15) is 27.6 Å². The third-order valence-electron chi connectivity index (χ3n) is 8.26. The average molecular weight is 636 g/mol. The fourth-order valence-corrected chi connectivity index (χ4v) is 6.23. The Morgan fingerprint density at radius 2 is 1.70 bits per heavy atom. The smallest absolute Gasteiger partial charge is 0.367 e. The minimum atomic E-state index is -4.96. The first-order valence-corrected chi connectivity index (χ1v) is 15.0. The molecule has 5 rings (SSSR count). The lowest BCUT2D eigenvalue weighted by Crippen LogP contribution is -2.55. The minimum Gasteiger partial charge on any atom is -0.367 e. The number of H-pyrrole nitrogens is 1.